The lowest BCUT2D eigenvalue weighted by Crippen LogP contribution is -2.69. The Morgan fingerprint density at radius 3 is 1.94 bits per heavy atom. The molecule has 2 fully saturated rings. The highest BCUT2D eigenvalue weighted by Gasteiger charge is 2.51. The Morgan fingerprint density at radius 1 is 0.833 bits per heavy atom. The summed E-state index contributed by atoms with van der Waals surface area (Å²) in [6.45, 7) is 1.24. The number of amides is 2. The van der Waals surface area contributed by atoms with E-state index in [4.69, 9.17) is 18.9 Å². The van der Waals surface area contributed by atoms with Gasteiger partial charge in [-0.25, -0.2) is 0 Å². The summed E-state index contributed by atoms with van der Waals surface area (Å²) in [5, 5.41) is 56.4. The van der Waals surface area contributed by atoms with Crippen LogP contribution in [0.3, 0.4) is 0 Å². The lowest BCUT2D eigenvalue weighted by molar-refractivity contribution is -0.333. The van der Waals surface area contributed by atoms with Crippen LogP contribution in [0.15, 0.2) is 30.3 Å². The number of carbonyl (C=O) groups is 2. The first kappa shape index (κ1) is 28.4. The Balaban J connectivity index is 1.82. The van der Waals surface area contributed by atoms with E-state index in [-0.39, 0.29) is 6.61 Å². The van der Waals surface area contributed by atoms with E-state index in [0.717, 1.165) is 5.56 Å². The Labute approximate surface area is 207 Å². The van der Waals surface area contributed by atoms with E-state index in [1.165, 1.54) is 13.8 Å². The van der Waals surface area contributed by atoms with Gasteiger partial charge in [0.25, 0.3) is 0 Å². The van der Waals surface area contributed by atoms with Crippen molar-refractivity contribution in [1.29, 1.82) is 0 Å². The maximum Gasteiger partial charge on any atom is 0.217 e. The SMILES string of the molecule is CC(=O)N[C@@H]1[C@H](OCc2ccccc2)O[C@@H](CO)[C@@H](O[C@@H]2O[C@@H](CO)[C@@H](O)[C@H](O)[C@@H]2NC(C)=O)[C@@H]1O. The van der Waals surface area contributed by atoms with Crippen molar-refractivity contribution in [3.8, 4) is 0 Å². The first-order valence-corrected chi connectivity index (χ1v) is 11.6. The lowest BCUT2D eigenvalue weighted by atomic mass is 9.94. The molecule has 2 aliphatic rings. The van der Waals surface area contributed by atoms with E-state index < -0.39 is 86.3 Å². The van der Waals surface area contributed by atoms with Crippen molar-refractivity contribution in [2.45, 2.75) is 81.7 Å². The molecule has 7 N–H and O–H groups in total. The van der Waals surface area contributed by atoms with Crippen molar-refractivity contribution in [2.75, 3.05) is 13.2 Å². The molecule has 0 saturated carbocycles. The molecule has 2 heterocycles. The third-order valence-corrected chi connectivity index (χ3v) is 6.02. The van der Waals surface area contributed by atoms with Crippen LogP contribution in [0.25, 0.3) is 0 Å². The number of ether oxygens (including phenoxy) is 4. The Hall–Kier alpha value is -2.20. The quantitative estimate of drug-likeness (QED) is 0.179. The molecule has 1 aromatic carbocycles. The van der Waals surface area contributed by atoms with Crippen LogP contribution >= 0.6 is 0 Å². The summed E-state index contributed by atoms with van der Waals surface area (Å²) in [6.07, 6.45) is -11.0. The van der Waals surface area contributed by atoms with Crippen LogP contribution in [0.1, 0.15) is 19.4 Å². The Bertz CT molecular complexity index is 860. The second kappa shape index (κ2) is 12.9. The molecule has 3 rings (SSSR count). The van der Waals surface area contributed by atoms with Gasteiger partial charge in [0.05, 0.1) is 19.8 Å². The third kappa shape index (κ3) is 6.76. The average Bonchev–Trinajstić information content (AvgIpc) is 2.85. The molecule has 202 valence electrons. The van der Waals surface area contributed by atoms with Crippen molar-refractivity contribution < 1.29 is 54.1 Å². The highest BCUT2D eigenvalue weighted by molar-refractivity contribution is 5.73. The topological polar surface area (TPSA) is 196 Å². The second-order valence-electron chi connectivity index (χ2n) is 8.77. The summed E-state index contributed by atoms with van der Waals surface area (Å²) in [7, 11) is 0. The van der Waals surface area contributed by atoms with Gasteiger partial charge in [-0.15, -0.1) is 0 Å². The summed E-state index contributed by atoms with van der Waals surface area (Å²) in [5.41, 5.74) is 0.812. The van der Waals surface area contributed by atoms with Crippen molar-refractivity contribution in [3.05, 3.63) is 35.9 Å². The van der Waals surface area contributed by atoms with E-state index in [0.29, 0.717) is 0 Å². The average molecular weight is 515 g/mol. The molecule has 0 aromatic heterocycles. The van der Waals surface area contributed by atoms with Crippen LogP contribution in [0.2, 0.25) is 0 Å². The predicted octanol–water partition coefficient (Wildman–Crippen LogP) is -2.89. The molecule has 1 aromatic rings. The standard InChI is InChI=1S/C23H34N2O11/c1-11(28)24-16-19(31)18(30)14(8-26)34-23(16)36-21-15(9-27)35-22(17(20(21)32)25-12(2)29)33-10-13-6-4-3-5-7-13/h3-7,14-23,26-27,30-32H,8-10H2,1-2H3,(H,24,28)(H,25,29)/t14-,15-,16-,17-,18+,19+,20+,21+,22+,23-/m0/s1. The number of rotatable bonds is 9. The number of hydrogen-bond acceptors (Lipinski definition) is 11. The molecule has 0 spiro atoms. The Morgan fingerprint density at radius 2 is 1.39 bits per heavy atom. The minimum absolute atomic E-state index is 0.0938. The number of nitrogens with one attached hydrogen (secondary N) is 2. The van der Waals surface area contributed by atoms with Crippen molar-refractivity contribution in [1.82, 2.24) is 10.6 Å². The zero-order valence-corrected chi connectivity index (χ0v) is 20.0. The fourth-order valence-corrected chi connectivity index (χ4v) is 4.26. The number of carbonyl (C=O) groups excluding carboxylic acids is 2. The fraction of sp³-hybridized carbons (Fsp3) is 0.652. The van der Waals surface area contributed by atoms with Gasteiger partial charge in [-0.2, -0.15) is 0 Å². The fourth-order valence-electron chi connectivity index (χ4n) is 4.26. The highest BCUT2D eigenvalue weighted by Crippen LogP contribution is 2.30. The van der Waals surface area contributed by atoms with Crippen molar-refractivity contribution in [2.24, 2.45) is 0 Å². The third-order valence-electron chi connectivity index (χ3n) is 6.02. The first-order valence-electron chi connectivity index (χ1n) is 11.6. The van der Waals surface area contributed by atoms with Gasteiger partial charge >= 0.3 is 0 Å². The first-order chi connectivity index (χ1) is 17.2. The van der Waals surface area contributed by atoms with Gasteiger partial charge < -0.3 is 55.1 Å². The van der Waals surface area contributed by atoms with Gasteiger partial charge in [-0.3, -0.25) is 9.59 Å². The summed E-state index contributed by atoms with van der Waals surface area (Å²) in [4.78, 5) is 23.6. The van der Waals surface area contributed by atoms with Crippen LogP contribution in [-0.2, 0) is 35.1 Å². The zero-order valence-electron chi connectivity index (χ0n) is 20.0. The van der Waals surface area contributed by atoms with Crippen LogP contribution in [-0.4, -0.2) is 112 Å². The van der Waals surface area contributed by atoms with Gasteiger partial charge in [0, 0.05) is 13.8 Å². The molecule has 0 aliphatic carbocycles. The molecule has 0 bridgehead atoms. The smallest absolute Gasteiger partial charge is 0.217 e. The van der Waals surface area contributed by atoms with E-state index in [1.54, 1.807) is 0 Å². The number of aliphatic hydroxyl groups excluding tert-OH is 5. The van der Waals surface area contributed by atoms with Gasteiger partial charge in [-0.1, -0.05) is 30.3 Å². The zero-order chi connectivity index (χ0) is 26.4. The molecule has 0 unspecified atom stereocenters. The van der Waals surface area contributed by atoms with Crippen molar-refractivity contribution in [3.63, 3.8) is 0 Å². The van der Waals surface area contributed by atoms with Gasteiger partial charge in [0.1, 0.15) is 48.7 Å². The minimum atomic E-state index is -1.58. The molecule has 36 heavy (non-hydrogen) atoms. The summed E-state index contributed by atoms with van der Waals surface area (Å²) in [5.74, 6) is -1.04. The van der Waals surface area contributed by atoms with Crippen LogP contribution in [0, 0.1) is 0 Å². The van der Waals surface area contributed by atoms with Crippen molar-refractivity contribution >= 4 is 11.8 Å². The summed E-state index contributed by atoms with van der Waals surface area (Å²) >= 11 is 0. The number of hydrogen-bond donors (Lipinski definition) is 7. The maximum absolute atomic E-state index is 11.9. The molecule has 2 saturated heterocycles. The number of aliphatic hydroxyl groups is 5. The molecule has 13 heteroatoms. The Kier molecular flexibility index (Phi) is 10.1. The van der Waals surface area contributed by atoms with Gasteiger partial charge in [-0.05, 0) is 5.56 Å². The summed E-state index contributed by atoms with van der Waals surface area (Å²) < 4.78 is 23.1. The van der Waals surface area contributed by atoms with Crippen LogP contribution in [0.4, 0.5) is 0 Å². The maximum atomic E-state index is 11.9. The molecule has 13 nitrogen and oxygen atoms in total. The molecule has 2 aliphatic heterocycles. The van der Waals surface area contributed by atoms with E-state index >= 15 is 0 Å². The highest BCUT2D eigenvalue weighted by atomic mass is 16.7. The van der Waals surface area contributed by atoms with Crippen LogP contribution in [0.5, 0.6) is 0 Å². The molecule has 10 atom stereocenters. The minimum Gasteiger partial charge on any atom is -0.394 e. The monoisotopic (exact) mass is 514 g/mol. The van der Waals surface area contributed by atoms with Gasteiger partial charge in [0.15, 0.2) is 12.6 Å². The second-order valence-corrected chi connectivity index (χ2v) is 8.77. The molecular weight excluding hydrogens is 480 g/mol. The van der Waals surface area contributed by atoms with Crippen LogP contribution < -0.4 is 10.6 Å². The molecule has 2 amide bonds. The van der Waals surface area contributed by atoms with E-state index in [1.807, 2.05) is 30.3 Å². The lowest BCUT2D eigenvalue weighted by Gasteiger charge is -2.48. The molecular formula is C23H34N2O11. The number of benzene rings is 1. The normalized spacial score (nSPS) is 36.8. The van der Waals surface area contributed by atoms with Gasteiger partial charge in [0.2, 0.25) is 11.8 Å². The molecule has 0 radical (unpaired) electrons. The van der Waals surface area contributed by atoms with E-state index in [9.17, 15) is 35.1 Å². The van der Waals surface area contributed by atoms with E-state index in [2.05, 4.69) is 10.6 Å². The summed E-state index contributed by atoms with van der Waals surface area (Å²) in [6, 6.07) is 6.73. The largest absolute Gasteiger partial charge is 0.394 e. The predicted molar refractivity (Wildman–Crippen MR) is 121 cm³/mol.